The molecule has 152 valence electrons. The first kappa shape index (κ1) is 24.8. The van der Waals surface area contributed by atoms with Crippen LogP contribution in [0.25, 0.3) is 0 Å². The van der Waals surface area contributed by atoms with Gasteiger partial charge in [0.05, 0.1) is 12.2 Å². The molecule has 25 heavy (non-hydrogen) atoms. The molecule has 0 saturated carbocycles. The number of nitrogens with zero attached hydrogens (tertiary/aromatic N) is 3. The second kappa shape index (κ2) is 14.0. The van der Waals surface area contributed by atoms with Crippen molar-refractivity contribution in [1.29, 1.82) is 0 Å². The standard InChI is InChI=1S/C7H15NO.C7H15N.C6H13N.CH4/c1-6-4-8(3)5-7(2)9-6;1-7-3-5-8(2)6-4-7;1-7-5-3-2-4-6-7;/h6-7H,4-5H2,1-3H3;7H,3-6H2,1-2H3;2-6H2,1H3;1H4. The number of morpholine rings is 1. The third-order valence-electron chi connectivity index (χ3n) is 5.19. The first-order valence-corrected chi connectivity index (χ1v) is 10.1. The summed E-state index contributed by atoms with van der Waals surface area (Å²) < 4.78 is 5.51. The number of likely N-dealkylation sites (tertiary alicyclic amines) is 2. The lowest BCUT2D eigenvalue weighted by atomic mass is 10.00. The average molecular weight is 358 g/mol. The molecule has 0 radical (unpaired) electrons. The summed E-state index contributed by atoms with van der Waals surface area (Å²) in [5.41, 5.74) is 0. The van der Waals surface area contributed by atoms with Crippen LogP contribution in [-0.2, 0) is 4.74 Å². The molecule has 0 aromatic rings. The Morgan fingerprint density at radius 2 is 1.08 bits per heavy atom. The highest BCUT2D eigenvalue weighted by Gasteiger charge is 2.18. The van der Waals surface area contributed by atoms with Gasteiger partial charge in [0.15, 0.2) is 0 Å². The molecule has 3 rings (SSSR count). The molecular formula is C21H47N3O. The van der Waals surface area contributed by atoms with Crippen molar-refractivity contribution >= 4 is 0 Å². The van der Waals surface area contributed by atoms with Crippen LogP contribution in [0, 0.1) is 5.92 Å². The summed E-state index contributed by atoms with van der Waals surface area (Å²) in [4.78, 5) is 7.10. The minimum Gasteiger partial charge on any atom is -0.373 e. The van der Waals surface area contributed by atoms with Crippen LogP contribution in [0.3, 0.4) is 0 Å². The lowest BCUT2D eigenvalue weighted by molar-refractivity contribution is -0.0602. The van der Waals surface area contributed by atoms with Crippen LogP contribution in [0.15, 0.2) is 0 Å². The Morgan fingerprint density at radius 1 is 0.640 bits per heavy atom. The van der Waals surface area contributed by atoms with Crippen LogP contribution in [0.1, 0.15) is 60.3 Å². The molecule has 2 atom stereocenters. The highest BCUT2D eigenvalue weighted by Crippen LogP contribution is 2.13. The second-order valence-corrected chi connectivity index (χ2v) is 8.33. The van der Waals surface area contributed by atoms with Crippen LogP contribution in [-0.4, -0.2) is 87.3 Å². The molecule has 0 aliphatic carbocycles. The molecule has 4 heteroatoms. The van der Waals surface area contributed by atoms with Gasteiger partial charge in [0.25, 0.3) is 0 Å². The number of ether oxygens (including phenoxy) is 1. The molecule has 0 amide bonds. The topological polar surface area (TPSA) is 19.0 Å². The largest absolute Gasteiger partial charge is 0.373 e. The van der Waals surface area contributed by atoms with E-state index in [1.807, 2.05) is 0 Å². The Labute approximate surface area is 158 Å². The fourth-order valence-electron chi connectivity index (χ4n) is 3.62. The van der Waals surface area contributed by atoms with Gasteiger partial charge in [-0.1, -0.05) is 20.8 Å². The maximum atomic E-state index is 5.51. The Kier molecular flexibility index (Phi) is 13.9. The van der Waals surface area contributed by atoms with E-state index in [0.717, 1.165) is 19.0 Å². The predicted octanol–water partition coefficient (Wildman–Crippen LogP) is 3.81. The molecule has 0 bridgehead atoms. The molecule has 3 fully saturated rings. The summed E-state index contributed by atoms with van der Waals surface area (Å²) in [7, 11) is 6.53. The van der Waals surface area contributed by atoms with Crippen molar-refractivity contribution in [1.82, 2.24) is 14.7 Å². The lowest BCUT2D eigenvalue weighted by Gasteiger charge is -2.32. The van der Waals surface area contributed by atoms with Gasteiger partial charge in [0.1, 0.15) is 0 Å². The van der Waals surface area contributed by atoms with Gasteiger partial charge < -0.3 is 19.4 Å². The van der Waals surface area contributed by atoms with Crippen molar-refractivity contribution in [3.8, 4) is 0 Å². The number of hydrogen-bond acceptors (Lipinski definition) is 4. The van der Waals surface area contributed by atoms with Gasteiger partial charge in [-0.2, -0.15) is 0 Å². The fourth-order valence-corrected chi connectivity index (χ4v) is 3.62. The molecule has 0 spiro atoms. The van der Waals surface area contributed by atoms with Gasteiger partial charge >= 0.3 is 0 Å². The van der Waals surface area contributed by atoms with E-state index in [4.69, 9.17) is 4.74 Å². The molecular weight excluding hydrogens is 310 g/mol. The third-order valence-corrected chi connectivity index (χ3v) is 5.19. The molecule has 3 aliphatic rings. The molecule has 3 saturated heterocycles. The summed E-state index contributed by atoms with van der Waals surface area (Å²) in [6, 6.07) is 0. The predicted molar refractivity (Wildman–Crippen MR) is 111 cm³/mol. The summed E-state index contributed by atoms with van der Waals surface area (Å²) in [6.45, 7) is 14.0. The maximum Gasteiger partial charge on any atom is 0.0678 e. The zero-order chi connectivity index (χ0) is 17.9. The smallest absolute Gasteiger partial charge is 0.0678 e. The summed E-state index contributed by atoms with van der Waals surface area (Å²) in [6.07, 6.45) is 7.90. The zero-order valence-electron chi connectivity index (χ0n) is 17.3. The molecule has 0 N–H and O–H groups in total. The molecule has 3 heterocycles. The summed E-state index contributed by atoms with van der Waals surface area (Å²) in [5.74, 6) is 0.978. The van der Waals surface area contributed by atoms with Crippen LogP contribution < -0.4 is 0 Å². The molecule has 2 unspecified atom stereocenters. The first-order chi connectivity index (χ1) is 11.4. The number of likely N-dealkylation sites (N-methyl/N-ethyl adjacent to an activating group) is 1. The lowest BCUT2D eigenvalue weighted by Crippen LogP contribution is -2.42. The van der Waals surface area contributed by atoms with E-state index in [9.17, 15) is 0 Å². The van der Waals surface area contributed by atoms with E-state index < -0.39 is 0 Å². The SMILES string of the molecule is C.CC1CCN(C)CC1.CC1CN(C)CC(C)O1.CN1CCCCC1. The quantitative estimate of drug-likeness (QED) is 0.656. The Morgan fingerprint density at radius 3 is 1.40 bits per heavy atom. The minimum absolute atomic E-state index is 0. The third kappa shape index (κ3) is 12.8. The van der Waals surface area contributed by atoms with E-state index in [-0.39, 0.29) is 7.43 Å². The van der Waals surface area contributed by atoms with Crippen molar-refractivity contribution < 1.29 is 4.74 Å². The number of piperidine rings is 2. The van der Waals surface area contributed by atoms with Crippen LogP contribution in [0.4, 0.5) is 0 Å². The van der Waals surface area contributed by atoms with Gasteiger partial charge in [-0.15, -0.1) is 0 Å². The fraction of sp³-hybridized carbons (Fsp3) is 1.00. The molecule has 3 aliphatic heterocycles. The Balaban J connectivity index is 0.000000341. The highest BCUT2D eigenvalue weighted by atomic mass is 16.5. The van der Waals surface area contributed by atoms with E-state index >= 15 is 0 Å². The van der Waals surface area contributed by atoms with Crippen molar-refractivity contribution in [2.24, 2.45) is 5.92 Å². The molecule has 4 nitrogen and oxygen atoms in total. The van der Waals surface area contributed by atoms with Crippen molar-refractivity contribution in [3.63, 3.8) is 0 Å². The Hall–Kier alpha value is -0.160. The van der Waals surface area contributed by atoms with E-state index in [1.165, 1.54) is 58.3 Å². The van der Waals surface area contributed by atoms with Gasteiger partial charge in [-0.05, 0) is 92.8 Å². The number of hydrogen-bond donors (Lipinski definition) is 0. The van der Waals surface area contributed by atoms with Gasteiger partial charge in [0, 0.05) is 13.1 Å². The van der Waals surface area contributed by atoms with Gasteiger partial charge in [0.2, 0.25) is 0 Å². The molecule has 0 aromatic carbocycles. The normalized spacial score (nSPS) is 29.5. The zero-order valence-corrected chi connectivity index (χ0v) is 17.3. The van der Waals surface area contributed by atoms with Crippen LogP contribution in [0.2, 0.25) is 0 Å². The monoisotopic (exact) mass is 357 g/mol. The van der Waals surface area contributed by atoms with Gasteiger partial charge in [-0.3, -0.25) is 0 Å². The highest BCUT2D eigenvalue weighted by molar-refractivity contribution is 4.69. The Bertz CT molecular complexity index is 264. The molecule has 0 aromatic heterocycles. The van der Waals surface area contributed by atoms with Crippen LogP contribution in [0.5, 0.6) is 0 Å². The summed E-state index contributed by atoms with van der Waals surface area (Å²) in [5, 5.41) is 0. The van der Waals surface area contributed by atoms with E-state index in [2.05, 4.69) is 56.6 Å². The van der Waals surface area contributed by atoms with Crippen molar-refractivity contribution in [2.75, 3.05) is 60.4 Å². The second-order valence-electron chi connectivity index (χ2n) is 8.33. The van der Waals surface area contributed by atoms with Crippen LogP contribution >= 0.6 is 0 Å². The van der Waals surface area contributed by atoms with E-state index in [1.54, 1.807) is 0 Å². The van der Waals surface area contributed by atoms with E-state index in [0.29, 0.717) is 12.2 Å². The van der Waals surface area contributed by atoms with Gasteiger partial charge in [-0.25, -0.2) is 0 Å². The summed E-state index contributed by atoms with van der Waals surface area (Å²) >= 11 is 0. The average Bonchev–Trinajstić information content (AvgIpc) is 2.51. The minimum atomic E-state index is 0. The number of rotatable bonds is 0. The first-order valence-electron chi connectivity index (χ1n) is 10.1. The van der Waals surface area contributed by atoms with Crippen molar-refractivity contribution in [3.05, 3.63) is 0 Å². The van der Waals surface area contributed by atoms with Crippen molar-refractivity contribution in [2.45, 2.75) is 72.5 Å². The maximum absolute atomic E-state index is 5.51.